The Morgan fingerprint density at radius 3 is 2.32 bits per heavy atom. The summed E-state index contributed by atoms with van der Waals surface area (Å²) in [6, 6.07) is 10.4. The molecule has 0 aliphatic heterocycles. The van der Waals surface area contributed by atoms with Crippen LogP contribution in [0.3, 0.4) is 0 Å². The largest absolute Gasteiger partial charge is 0.383 e. The van der Waals surface area contributed by atoms with Gasteiger partial charge >= 0.3 is 0 Å². The molecule has 0 fully saturated rings. The van der Waals surface area contributed by atoms with Crippen molar-refractivity contribution in [2.75, 3.05) is 20.0 Å². The van der Waals surface area contributed by atoms with Crippen LogP contribution in [0.5, 0.6) is 0 Å². The maximum atomic E-state index is 12.7. The Labute approximate surface area is 171 Å². The van der Waals surface area contributed by atoms with Crippen molar-refractivity contribution in [3.63, 3.8) is 0 Å². The molecule has 3 aromatic rings. The number of fused-ring (bicyclic) bond motifs is 1. The number of sulfone groups is 1. The Balaban J connectivity index is 2.23. The zero-order chi connectivity index (χ0) is 20.5. The number of hydrogen-bond donors (Lipinski definition) is 0. The fourth-order valence-electron chi connectivity index (χ4n) is 2.51. The summed E-state index contributed by atoms with van der Waals surface area (Å²) in [4.78, 5) is 0.407. The number of methoxy groups -OCH3 is 1. The molecule has 0 atom stereocenters. The Morgan fingerprint density at radius 2 is 1.71 bits per heavy atom. The lowest BCUT2D eigenvalue weighted by molar-refractivity contribution is 0.187. The van der Waals surface area contributed by atoms with E-state index in [2.05, 4.69) is 4.40 Å². The highest BCUT2D eigenvalue weighted by molar-refractivity contribution is 7.90. The van der Waals surface area contributed by atoms with Crippen LogP contribution in [0.2, 0.25) is 5.02 Å². The third-order valence-electron chi connectivity index (χ3n) is 3.91. The van der Waals surface area contributed by atoms with Crippen LogP contribution in [0.4, 0.5) is 0 Å². The number of nitrogens with zero attached hydrogens (tertiary/aromatic N) is 2. The van der Waals surface area contributed by atoms with Crippen LogP contribution in [0, 0.1) is 0 Å². The second kappa shape index (κ2) is 7.96. The van der Waals surface area contributed by atoms with E-state index < -0.39 is 19.9 Å². The Hall–Kier alpha value is -1.72. The number of ether oxygens (including phenoxy) is 1. The van der Waals surface area contributed by atoms with E-state index in [1.54, 1.807) is 10.6 Å². The molecule has 11 heteroatoms. The minimum absolute atomic E-state index is 0.0180. The normalized spacial score (nSPS) is 13.3. The maximum absolute atomic E-state index is 12.7. The Morgan fingerprint density at radius 1 is 1.07 bits per heavy atom. The topological polar surface area (TPSA) is 94.8 Å². The van der Waals surface area contributed by atoms with E-state index in [0.717, 1.165) is 17.6 Å². The first-order chi connectivity index (χ1) is 13.1. The Kier molecular flexibility index (Phi) is 5.97. The minimum Gasteiger partial charge on any atom is -0.383 e. The molecular formula is C17H17ClN2O5S3. The lowest BCUT2D eigenvalue weighted by atomic mass is 10.3. The zero-order valence-electron chi connectivity index (χ0n) is 15.0. The molecule has 28 heavy (non-hydrogen) atoms. The van der Waals surface area contributed by atoms with Crippen molar-refractivity contribution >= 4 is 53.0 Å². The molecule has 0 saturated heterocycles. The van der Waals surface area contributed by atoms with Crippen LogP contribution in [0.1, 0.15) is 0 Å². The van der Waals surface area contributed by atoms with Gasteiger partial charge in [0.2, 0.25) is 4.80 Å². The molecule has 1 heterocycles. The third kappa shape index (κ3) is 4.47. The number of benzene rings is 2. The van der Waals surface area contributed by atoms with Crippen molar-refractivity contribution in [2.24, 2.45) is 4.40 Å². The summed E-state index contributed by atoms with van der Waals surface area (Å²) in [6.07, 6.45) is 1.12. The van der Waals surface area contributed by atoms with Gasteiger partial charge in [0.1, 0.15) is 0 Å². The molecule has 0 spiro atoms. The number of rotatable bonds is 6. The van der Waals surface area contributed by atoms with Gasteiger partial charge in [-0.25, -0.2) is 8.42 Å². The van der Waals surface area contributed by atoms with Crippen molar-refractivity contribution in [2.45, 2.75) is 16.3 Å². The van der Waals surface area contributed by atoms with Crippen molar-refractivity contribution in [1.29, 1.82) is 0 Å². The summed E-state index contributed by atoms with van der Waals surface area (Å²) >= 11 is 6.92. The van der Waals surface area contributed by atoms with E-state index >= 15 is 0 Å². The molecule has 1 aromatic heterocycles. The SMILES string of the molecule is COCCn1c(=NS(=O)(=O)c2ccc(Cl)cc2)sc2cc(S(C)(=O)=O)ccc21. The van der Waals surface area contributed by atoms with Crippen molar-refractivity contribution in [3.05, 3.63) is 52.3 Å². The highest BCUT2D eigenvalue weighted by Crippen LogP contribution is 2.23. The van der Waals surface area contributed by atoms with Crippen LogP contribution >= 0.6 is 22.9 Å². The second-order valence-corrected chi connectivity index (χ2v) is 11.0. The molecule has 0 aliphatic rings. The van der Waals surface area contributed by atoms with Gasteiger partial charge < -0.3 is 9.30 Å². The van der Waals surface area contributed by atoms with Crippen molar-refractivity contribution < 1.29 is 21.6 Å². The van der Waals surface area contributed by atoms with Crippen LogP contribution < -0.4 is 4.80 Å². The molecule has 0 N–H and O–H groups in total. The average molecular weight is 461 g/mol. The Bertz CT molecular complexity index is 1290. The van der Waals surface area contributed by atoms with Gasteiger partial charge in [-0.3, -0.25) is 0 Å². The summed E-state index contributed by atoms with van der Waals surface area (Å²) in [7, 11) is -5.81. The van der Waals surface area contributed by atoms with E-state index in [4.69, 9.17) is 16.3 Å². The number of sulfonamides is 1. The van der Waals surface area contributed by atoms with E-state index in [-0.39, 0.29) is 14.6 Å². The van der Waals surface area contributed by atoms with E-state index in [9.17, 15) is 16.8 Å². The first kappa shape index (κ1) is 21.0. The highest BCUT2D eigenvalue weighted by Gasteiger charge is 2.16. The van der Waals surface area contributed by atoms with Crippen molar-refractivity contribution in [1.82, 2.24) is 4.57 Å². The van der Waals surface area contributed by atoms with Crippen LogP contribution in [-0.4, -0.2) is 41.4 Å². The maximum Gasteiger partial charge on any atom is 0.285 e. The van der Waals surface area contributed by atoms with Crippen molar-refractivity contribution in [3.8, 4) is 0 Å². The van der Waals surface area contributed by atoms with Crippen LogP contribution in [0.15, 0.2) is 56.7 Å². The fraction of sp³-hybridized carbons (Fsp3) is 0.235. The van der Waals surface area contributed by atoms with Gasteiger partial charge in [0.05, 0.1) is 26.6 Å². The first-order valence-corrected chi connectivity index (χ1v) is 12.5. The molecule has 0 unspecified atom stereocenters. The number of halogens is 1. The van der Waals surface area contributed by atoms with E-state index in [1.165, 1.54) is 43.5 Å². The van der Waals surface area contributed by atoms with Gasteiger partial charge in [-0.15, -0.1) is 4.40 Å². The smallest absolute Gasteiger partial charge is 0.285 e. The average Bonchev–Trinajstić information content (AvgIpc) is 2.95. The second-order valence-electron chi connectivity index (χ2n) is 5.95. The highest BCUT2D eigenvalue weighted by atomic mass is 35.5. The lowest BCUT2D eigenvalue weighted by Gasteiger charge is -2.05. The molecule has 150 valence electrons. The van der Waals surface area contributed by atoms with Crippen LogP contribution in [0.25, 0.3) is 10.2 Å². The zero-order valence-corrected chi connectivity index (χ0v) is 18.2. The fourth-order valence-corrected chi connectivity index (χ4v) is 5.66. The molecule has 0 radical (unpaired) electrons. The third-order valence-corrected chi connectivity index (χ3v) is 7.71. The summed E-state index contributed by atoms with van der Waals surface area (Å²) in [5.74, 6) is 0. The van der Waals surface area contributed by atoms with E-state index in [0.29, 0.717) is 28.4 Å². The number of aromatic nitrogens is 1. The standard InChI is InChI=1S/C17H17ClN2O5S3/c1-25-10-9-20-15-8-7-14(27(2,21)22)11-16(15)26-17(20)19-28(23,24)13-5-3-12(18)4-6-13/h3-8,11H,9-10H2,1-2H3. The summed E-state index contributed by atoms with van der Waals surface area (Å²) in [5.41, 5.74) is 0.680. The lowest BCUT2D eigenvalue weighted by Crippen LogP contribution is -2.19. The van der Waals surface area contributed by atoms with Gasteiger partial charge in [0, 0.05) is 24.9 Å². The summed E-state index contributed by atoms with van der Waals surface area (Å²) < 4.78 is 60.5. The molecule has 2 aromatic carbocycles. The molecule has 3 rings (SSSR count). The summed E-state index contributed by atoms with van der Waals surface area (Å²) in [5, 5.41) is 0.421. The number of thiazole rings is 1. The summed E-state index contributed by atoms with van der Waals surface area (Å²) in [6.45, 7) is 0.706. The molecule has 0 saturated carbocycles. The monoisotopic (exact) mass is 460 g/mol. The molecule has 0 amide bonds. The molecular weight excluding hydrogens is 444 g/mol. The van der Waals surface area contributed by atoms with Gasteiger partial charge in [-0.05, 0) is 42.5 Å². The van der Waals surface area contributed by atoms with Gasteiger partial charge in [-0.2, -0.15) is 8.42 Å². The predicted molar refractivity (Wildman–Crippen MR) is 109 cm³/mol. The minimum atomic E-state index is -3.97. The van der Waals surface area contributed by atoms with Crippen LogP contribution in [-0.2, 0) is 31.1 Å². The quantitative estimate of drug-likeness (QED) is 0.563. The van der Waals surface area contributed by atoms with Gasteiger partial charge in [-0.1, -0.05) is 22.9 Å². The molecule has 7 nitrogen and oxygen atoms in total. The molecule has 0 aliphatic carbocycles. The molecule has 0 bridgehead atoms. The van der Waals surface area contributed by atoms with Gasteiger partial charge in [0.25, 0.3) is 10.0 Å². The van der Waals surface area contributed by atoms with E-state index in [1.807, 2.05) is 0 Å². The first-order valence-electron chi connectivity index (χ1n) is 8.01. The predicted octanol–water partition coefficient (Wildman–Crippen LogP) is 2.70. The van der Waals surface area contributed by atoms with Gasteiger partial charge in [0.15, 0.2) is 9.84 Å². The number of hydrogen-bond acceptors (Lipinski definition) is 6.